The van der Waals surface area contributed by atoms with Crippen molar-refractivity contribution < 1.29 is 14.0 Å². The van der Waals surface area contributed by atoms with E-state index >= 15 is 0 Å². The van der Waals surface area contributed by atoms with E-state index in [2.05, 4.69) is 21.1 Å². The molecule has 1 aromatic rings. The molecule has 1 aliphatic heterocycles. The van der Waals surface area contributed by atoms with Crippen molar-refractivity contribution in [1.82, 2.24) is 4.90 Å². The lowest BCUT2D eigenvalue weighted by molar-refractivity contribution is 0.215. The fourth-order valence-electron chi connectivity index (χ4n) is 2.56. The highest BCUT2D eigenvalue weighted by Gasteiger charge is 2.26. The molecular formula is C14H17BrF2N2O. The van der Waals surface area contributed by atoms with Gasteiger partial charge in [0, 0.05) is 37.5 Å². The molecule has 1 N–H and O–H groups in total. The average Bonchev–Trinajstić information content (AvgIpc) is 2.47. The van der Waals surface area contributed by atoms with E-state index in [1.807, 2.05) is 11.8 Å². The zero-order valence-corrected chi connectivity index (χ0v) is 12.8. The van der Waals surface area contributed by atoms with E-state index in [4.69, 9.17) is 5.21 Å². The molecule has 0 amide bonds. The normalized spacial score (nSPS) is 22.4. The van der Waals surface area contributed by atoms with Crippen LogP contribution in [0.2, 0.25) is 0 Å². The fraction of sp³-hybridized carbons (Fsp3) is 0.500. The molecule has 1 saturated heterocycles. The van der Waals surface area contributed by atoms with Gasteiger partial charge in [-0.3, -0.25) is 4.90 Å². The summed E-state index contributed by atoms with van der Waals surface area (Å²) in [6.07, 6.45) is 1.48. The van der Waals surface area contributed by atoms with Crippen LogP contribution in [0.4, 0.5) is 8.78 Å². The molecule has 1 aliphatic rings. The average molecular weight is 347 g/mol. The Morgan fingerprint density at radius 3 is 2.85 bits per heavy atom. The van der Waals surface area contributed by atoms with Crippen LogP contribution in [0.3, 0.4) is 0 Å². The van der Waals surface area contributed by atoms with Crippen molar-refractivity contribution >= 4 is 21.6 Å². The zero-order chi connectivity index (χ0) is 14.7. The number of piperidine rings is 1. The van der Waals surface area contributed by atoms with Crippen molar-refractivity contribution in [3.8, 4) is 0 Å². The van der Waals surface area contributed by atoms with Gasteiger partial charge in [-0.05, 0) is 34.5 Å². The van der Waals surface area contributed by atoms with Gasteiger partial charge in [0.25, 0.3) is 0 Å². The van der Waals surface area contributed by atoms with Gasteiger partial charge in [-0.1, -0.05) is 12.1 Å². The highest BCUT2D eigenvalue weighted by molar-refractivity contribution is 9.10. The third-order valence-electron chi connectivity index (χ3n) is 3.78. The summed E-state index contributed by atoms with van der Waals surface area (Å²) in [5, 5.41) is 12.3. The fourth-order valence-corrected chi connectivity index (χ4v) is 2.93. The molecular weight excluding hydrogens is 330 g/mol. The van der Waals surface area contributed by atoms with Crippen molar-refractivity contribution in [1.29, 1.82) is 0 Å². The molecule has 1 heterocycles. The standard InChI is InChI=1S/C14H17BrF2N2O/c1-2-9-7-19(6-5-13(9)18-20)8-10-12(16)4-3-11(15)14(10)17/h3-4,9,20H,2,5-8H2,1H3/b18-13+. The quantitative estimate of drug-likeness (QED) is 0.513. The third kappa shape index (κ3) is 3.17. The van der Waals surface area contributed by atoms with Crippen molar-refractivity contribution in [3.05, 3.63) is 33.8 Å². The molecule has 1 unspecified atom stereocenters. The SMILES string of the molecule is CCC1CN(Cc2c(F)ccc(Br)c2F)CC/C1=N\O. The summed E-state index contributed by atoms with van der Waals surface area (Å²) >= 11 is 3.08. The first kappa shape index (κ1) is 15.4. The number of benzene rings is 1. The summed E-state index contributed by atoms with van der Waals surface area (Å²) in [5.41, 5.74) is 0.859. The van der Waals surface area contributed by atoms with Crippen molar-refractivity contribution in [3.63, 3.8) is 0 Å². The van der Waals surface area contributed by atoms with Gasteiger partial charge in [-0.2, -0.15) is 0 Å². The first-order chi connectivity index (χ1) is 9.56. The molecule has 1 atom stereocenters. The highest BCUT2D eigenvalue weighted by Crippen LogP contribution is 2.25. The van der Waals surface area contributed by atoms with Crippen LogP contribution in [0.1, 0.15) is 25.3 Å². The van der Waals surface area contributed by atoms with Crippen LogP contribution in [0.15, 0.2) is 21.8 Å². The Labute approximate surface area is 125 Å². The monoisotopic (exact) mass is 346 g/mol. The Morgan fingerprint density at radius 1 is 1.45 bits per heavy atom. The minimum atomic E-state index is -0.542. The van der Waals surface area contributed by atoms with Gasteiger partial charge in [-0.25, -0.2) is 8.78 Å². The molecule has 0 saturated carbocycles. The maximum Gasteiger partial charge on any atom is 0.144 e. The van der Waals surface area contributed by atoms with E-state index < -0.39 is 11.6 Å². The minimum absolute atomic E-state index is 0.0821. The lowest BCUT2D eigenvalue weighted by atomic mass is 9.93. The van der Waals surface area contributed by atoms with Crippen molar-refractivity contribution in [2.24, 2.45) is 11.1 Å². The zero-order valence-electron chi connectivity index (χ0n) is 11.2. The molecule has 0 spiro atoms. The smallest absolute Gasteiger partial charge is 0.144 e. The molecule has 1 fully saturated rings. The molecule has 2 rings (SSSR count). The summed E-state index contributed by atoms with van der Waals surface area (Å²) in [6.45, 7) is 3.54. The van der Waals surface area contributed by atoms with E-state index in [0.29, 0.717) is 19.5 Å². The number of hydrogen-bond acceptors (Lipinski definition) is 3. The maximum absolute atomic E-state index is 14.0. The first-order valence-electron chi connectivity index (χ1n) is 6.62. The first-order valence-corrected chi connectivity index (χ1v) is 7.41. The predicted molar refractivity (Wildman–Crippen MR) is 77.0 cm³/mol. The van der Waals surface area contributed by atoms with Gasteiger partial charge >= 0.3 is 0 Å². The number of hydrogen-bond donors (Lipinski definition) is 1. The van der Waals surface area contributed by atoms with E-state index in [1.54, 1.807) is 0 Å². The molecule has 0 aliphatic carbocycles. The predicted octanol–water partition coefficient (Wildman–Crippen LogP) is 3.79. The Kier molecular flexibility index (Phi) is 5.10. The summed E-state index contributed by atoms with van der Waals surface area (Å²) in [4.78, 5) is 2.00. The minimum Gasteiger partial charge on any atom is -0.411 e. The molecule has 0 aromatic heterocycles. The topological polar surface area (TPSA) is 35.8 Å². The second-order valence-electron chi connectivity index (χ2n) is 5.00. The van der Waals surface area contributed by atoms with E-state index in [0.717, 1.165) is 12.1 Å². The third-order valence-corrected chi connectivity index (χ3v) is 4.39. The summed E-state index contributed by atoms with van der Waals surface area (Å²) in [7, 11) is 0. The van der Waals surface area contributed by atoms with Crippen LogP contribution >= 0.6 is 15.9 Å². The number of rotatable bonds is 3. The molecule has 3 nitrogen and oxygen atoms in total. The molecule has 110 valence electrons. The van der Waals surface area contributed by atoms with Crippen LogP contribution < -0.4 is 0 Å². The van der Waals surface area contributed by atoms with Gasteiger partial charge < -0.3 is 5.21 Å². The number of likely N-dealkylation sites (tertiary alicyclic amines) is 1. The summed E-state index contributed by atoms with van der Waals surface area (Å²) in [5.74, 6) is -0.924. The second-order valence-corrected chi connectivity index (χ2v) is 5.86. The van der Waals surface area contributed by atoms with Crippen LogP contribution in [0, 0.1) is 17.6 Å². The summed E-state index contributed by atoms with van der Waals surface area (Å²) in [6, 6.07) is 2.64. The van der Waals surface area contributed by atoms with Crippen LogP contribution in [0.25, 0.3) is 0 Å². The van der Waals surface area contributed by atoms with Gasteiger partial charge in [0.2, 0.25) is 0 Å². The maximum atomic E-state index is 14.0. The second kappa shape index (κ2) is 6.63. The Morgan fingerprint density at radius 2 is 2.20 bits per heavy atom. The number of nitrogens with zero attached hydrogens (tertiary/aromatic N) is 2. The van der Waals surface area contributed by atoms with E-state index in [1.165, 1.54) is 12.1 Å². The Balaban J connectivity index is 2.14. The number of halogens is 3. The lowest BCUT2D eigenvalue weighted by Crippen LogP contribution is -2.40. The molecule has 20 heavy (non-hydrogen) atoms. The van der Waals surface area contributed by atoms with Crippen molar-refractivity contribution in [2.45, 2.75) is 26.3 Å². The Bertz CT molecular complexity index is 522. The van der Waals surface area contributed by atoms with Crippen LogP contribution in [-0.2, 0) is 6.54 Å². The van der Waals surface area contributed by atoms with Crippen molar-refractivity contribution in [2.75, 3.05) is 13.1 Å². The molecule has 1 aromatic carbocycles. The largest absolute Gasteiger partial charge is 0.411 e. The summed E-state index contributed by atoms with van der Waals surface area (Å²) < 4.78 is 28.0. The number of oxime groups is 1. The molecule has 6 heteroatoms. The van der Waals surface area contributed by atoms with Gasteiger partial charge in [0.05, 0.1) is 10.2 Å². The van der Waals surface area contributed by atoms with Crippen LogP contribution in [0.5, 0.6) is 0 Å². The lowest BCUT2D eigenvalue weighted by Gasteiger charge is -2.32. The molecule has 0 radical (unpaired) electrons. The Hall–Kier alpha value is -1.01. The van der Waals surface area contributed by atoms with E-state index in [9.17, 15) is 8.78 Å². The van der Waals surface area contributed by atoms with Gasteiger partial charge in [-0.15, -0.1) is 0 Å². The van der Waals surface area contributed by atoms with Gasteiger partial charge in [0.15, 0.2) is 0 Å². The van der Waals surface area contributed by atoms with E-state index in [-0.39, 0.29) is 22.5 Å². The van der Waals surface area contributed by atoms with Gasteiger partial charge in [0.1, 0.15) is 11.6 Å². The molecule has 0 bridgehead atoms. The highest BCUT2D eigenvalue weighted by atomic mass is 79.9. The van der Waals surface area contributed by atoms with Crippen LogP contribution in [-0.4, -0.2) is 28.9 Å².